The molecule has 9 heteroatoms. The van der Waals surface area contributed by atoms with Gasteiger partial charge < -0.3 is 10.1 Å². The molecule has 0 aliphatic rings. The van der Waals surface area contributed by atoms with E-state index >= 15 is 0 Å². The summed E-state index contributed by atoms with van der Waals surface area (Å²) in [5.74, 6) is -0.545. The third-order valence-corrected chi connectivity index (χ3v) is 8.87. The minimum atomic E-state index is -0.454. The fraction of sp³-hybridized carbons (Fsp3) is 0.172. The van der Waals surface area contributed by atoms with E-state index in [1.165, 1.54) is 40.6 Å². The molecule has 0 saturated carbocycles. The molecule has 3 heterocycles. The van der Waals surface area contributed by atoms with Gasteiger partial charge in [0.1, 0.15) is 26.7 Å². The number of thiophene rings is 2. The van der Waals surface area contributed by atoms with Gasteiger partial charge in [0.2, 0.25) is 5.91 Å². The largest absolute Gasteiger partial charge is 0.462 e. The number of nitrogens with zero attached hydrogens (tertiary/aromatic N) is 2. The highest BCUT2D eigenvalue weighted by atomic mass is 32.2. The van der Waals surface area contributed by atoms with Crippen molar-refractivity contribution in [1.82, 2.24) is 9.97 Å². The van der Waals surface area contributed by atoms with Crippen molar-refractivity contribution in [3.63, 3.8) is 0 Å². The molecule has 192 valence electrons. The predicted octanol–water partition coefficient (Wildman–Crippen LogP) is 7.61. The smallest absolute Gasteiger partial charge is 0.341 e. The molecule has 5 aromatic rings. The summed E-state index contributed by atoms with van der Waals surface area (Å²) in [7, 11) is 0. The van der Waals surface area contributed by atoms with Crippen LogP contribution in [0.3, 0.4) is 0 Å². The van der Waals surface area contributed by atoms with E-state index in [-0.39, 0.29) is 18.3 Å². The van der Waals surface area contributed by atoms with Crippen LogP contribution >= 0.6 is 34.4 Å². The highest BCUT2D eigenvalue weighted by Gasteiger charge is 2.23. The minimum Gasteiger partial charge on any atom is -0.462 e. The highest BCUT2D eigenvalue weighted by molar-refractivity contribution is 8.00. The average Bonchev–Trinajstić information content (AvgIpc) is 3.55. The summed E-state index contributed by atoms with van der Waals surface area (Å²) < 4.78 is 5.31. The van der Waals surface area contributed by atoms with Gasteiger partial charge in [-0.15, -0.1) is 22.7 Å². The molecule has 0 fully saturated rings. The maximum atomic E-state index is 13.1. The molecular formula is C29H25N3O3S3. The number of hydrogen-bond acceptors (Lipinski definition) is 8. The fourth-order valence-corrected chi connectivity index (χ4v) is 6.83. The van der Waals surface area contributed by atoms with Crippen molar-refractivity contribution >= 4 is 61.5 Å². The number of thioether (sulfide) groups is 1. The molecule has 2 aromatic carbocycles. The number of anilines is 1. The Morgan fingerprint density at radius 1 is 0.947 bits per heavy atom. The van der Waals surface area contributed by atoms with E-state index in [1.807, 2.05) is 35.7 Å². The minimum absolute atomic E-state index is 0.134. The summed E-state index contributed by atoms with van der Waals surface area (Å²) in [4.78, 5) is 35.7. The summed E-state index contributed by atoms with van der Waals surface area (Å²) >= 11 is 4.24. The Bertz CT molecular complexity index is 1630. The zero-order valence-corrected chi connectivity index (χ0v) is 23.6. The SMILES string of the molecule is CCOC(=O)c1c(-c2ccccc2)csc1NC(=O)CSc1ncnc2scc(-c3ccc(C)c(C)c3)c12. The topological polar surface area (TPSA) is 81.2 Å². The molecule has 6 nitrogen and oxygen atoms in total. The van der Waals surface area contributed by atoms with E-state index in [9.17, 15) is 9.59 Å². The number of aromatic nitrogens is 2. The molecular weight excluding hydrogens is 535 g/mol. The first-order chi connectivity index (χ1) is 18.5. The van der Waals surface area contributed by atoms with Crippen molar-refractivity contribution in [1.29, 1.82) is 0 Å². The van der Waals surface area contributed by atoms with Crippen LogP contribution in [0.2, 0.25) is 0 Å². The monoisotopic (exact) mass is 559 g/mol. The van der Waals surface area contributed by atoms with Gasteiger partial charge in [-0.05, 0) is 43.0 Å². The van der Waals surface area contributed by atoms with Crippen molar-refractivity contribution in [3.05, 3.63) is 82.3 Å². The summed E-state index contributed by atoms with van der Waals surface area (Å²) in [6.45, 7) is 6.21. The number of fused-ring (bicyclic) bond motifs is 1. The van der Waals surface area contributed by atoms with Gasteiger partial charge in [0.25, 0.3) is 0 Å². The van der Waals surface area contributed by atoms with Gasteiger partial charge in [0.05, 0.1) is 17.7 Å². The van der Waals surface area contributed by atoms with Gasteiger partial charge in [-0.3, -0.25) is 4.79 Å². The molecule has 0 spiro atoms. The molecule has 1 N–H and O–H groups in total. The second-order valence-corrected chi connectivity index (χ2v) is 11.3. The van der Waals surface area contributed by atoms with Crippen molar-refractivity contribution in [2.24, 2.45) is 0 Å². The number of hydrogen-bond donors (Lipinski definition) is 1. The van der Waals surface area contributed by atoms with Crippen LogP contribution in [0.1, 0.15) is 28.4 Å². The number of amides is 1. The van der Waals surface area contributed by atoms with Crippen LogP contribution < -0.4 is 5.32 Å². The van der Waals surface area contributed by atoms with Gasteiger partial charge in [0, 0.05) is 21.9 Å². The average molecular weight is 560 g/mol. The normalized spacial score (nSPS) is 11.0. The summed E-state index contributed by atoms with van der Waals surface area (Å²) in [5, 5.41) is 9.08. The number of aryl methyl sites for hydroxylation is 2. The van der Waals surface area contributed by atoms with Gasteiger partial charge in [-0.1, -0.05) is 60.3 Å². The first kappa shape index (κ1) is 26.1. The zero-order valence-electron chi connectivity index (χ0n) is 21.1. The predicted molar refractivity (Wildman–Crippen MR) is 157 cm³/mol. The number of ether oxygens (including phenoxy) is 1. The molecule has 0 atom stereocenters. The van der Waals surface area contributed by atoms with Crippen LogP contribution in [0.15, 0.2) is 70.6 Å². The van der Waals surface area contributed by atoms with Crippen LogP contribution in [-0.4, -0.2) is 34.2 Å². The summed E-state index contributed by atoms with van der Waals surface area (Å²) in [6.07, 6.45) is 1.54. The Labute approximate surface area is 233 Å². The molecule has 1 amide bonds. The molecule has 0 aliphatic carbocycles. The number of nitrogens with one attached hydrogen (secondary N) is 1. The van der Waals surface area contributed by atoms with Crippen LogP contribution in [-0.2, 0) is 9.53 Å². The van der Waals surface area contributed by atoms with Crippen molar-refractivity contribution < 1.29 is 14.3 Å². The van der Waals surface area contributed by atoms with E-state index in [2.05, 4.69) is 52.7 Å². The number of esters is 1. The molecule has 0 unspecified atom stereocenters. The Hall–Kier alpha value is -3.53. The highest BCUT2D eigenvalue weighted by Crippen LogP contribution is 2.39. The Kier molecular flexibility index (Phi) is 7.87. The molecule has 0 aliphatic heterocycles. The second kappa shape index (κ2) is 11.5. The van der Waals surface area contributed by atoms with Crippen LogP contribution in [0.5, 0.6) is 0 Å². The first-order valence-electron chi connectivity index (χ1n) is 12.0. The van der Waals surface area contributed by atoms with Crippen molar-refractivity contribution in [2.75, 3.05) is 17.7 Å². The Morgan fingerprint density at radius 3 is 2.50 bits per heavy atom. The maximum Gasteiger partial charge on any atom is 0.341 e. The molecule has 0 bridgehead atoms. The van der Waals surface area contributed by atoms with Crippen LogP contribution in [0, 0.1) is 13.8 Å². The lowest BCUT2D eigenvalue weighted by Gasteiger charge is -2.09. The molecule has 5 rings (SSSR count). The first-order valence-corrected chi connectivity index (χ1v) is 14.8. The van der Waals surface area contributed by atoms with E-state index in [0.717, 1.165) is 37.5 Å². The quantitative estimate of drug-likeness (QED) is 0.120. The molecule has 0 saturated heterocycles. The van der Waals surface area contributed by atoms with Crippen molar-refractivity contribution in [3.8, 4) is 22.3 Å². The van der Waals surface area contributed by atoms with Gasteiger partial charge in [0.15, 0.2) is 0 Å². The summed E-state index contributed by atoms with van der Waals surface area (Å²) in [6, 6.07) is 16.0. The number of carbonyl (C=O) groups is 2. The number of rotatable bonds is 8. The Balaban J connectivity index is 1.38. The standard InChI is InChI=1S/C29H25N3O3S3/c1-4-35-29(34)25-21(19-8-6-5-7-9-19)13-37-28(25)32-23(33)15-38-27-24-22(14-36-26(24)30-16-31-27)20-11-10-17(2)18(3)12-20/h5-14,16H,4,15H2,1-3H3,(H,32,33). The van der Waals surface area contributed by atoms with E-state index in [1.54, 1.807) is 18.3 Å². The third-order valence-electron chi connectivity index (χ3n) is 6.10. The fourth-order valence-electron chi connectivity index (χ4n) is 4.06. The second-order valence-electron chi connectivity index (χ2n) is 8.58. The van der Waals surface area contributed by atoms with E-state index < -0.39 is 5.97 Å². The lowest BCUT2D eigenvalue weighted by Crippen LogP contribution is -2.16. The lowest BCUT2D eigenvalue weighted by molar-refractivity contribution is -0.113. The molecule has 0 radical (unpaired) electrons. The summed E-state index contributed by atoms with van der Waals surface area (Å²) in [5.41, 5.74) is 6.63. The van der Waals surface area contributed by atoms with Crippen LogP contribution in [0.4, 0.5) is 5.00 Å². The maximum absolute atomic E-state index is 13.1. The van der Waals surface area contributed by atoms with Gasteiger partial charge in [-0.2, -0.15) is 0 Å². The van der Waals surface area contributed by atoms with E-state index in [4.69, 9.17) is 4.74 Å². The van der Waals surface area contributed by atoms with E-state index in [0.29, 0.717) is 10.6 Å². The lowest BCUT2D eigenvalue weighted by atomic mass is 10.0. The zero-order chi connectivity index (χ0) is 26.6. The number of carbonyl (C=O) groups excluding carboxylic acids is 2. The van der Waals surface area contributed by atoms with Crippen LogP contribution in [0.25, 0.3) is 32.5 Å². The molecule has 3 aromatic heterocycles. The van der Waals surface area contributed by atoms with Gasteiger partial charge >= 0.3 is 5.97 Å². The Morgan fingerprint density at radius 2 is 1.74 bits per heavy atom. The third kappa shape index (κ3) is 5.36. The van der Waals surface area contributed by atoms with Crippen molar-refractivity contribution in [2.45, 2.75) is 25.8 Å². The molecule has 38 heavy (non-hydrogen) atoms. The van der Waals surface area contributed by atoms with Gasteiger partial charge in [-0.25, -0.2) is 14.8 Å². The number of benzene rings is 2.